The molecule has 0 spiro atoms. The normalized spacial score (nSPS) is 11.1. The summed E-state index contributed by atoms with van der Waals surface area (Å²) in [4.78, 5) is 12.5. The van der Waals surface area contributed by atoms with Gasteiger partial charge in [0.05, 0.1) is 5.69 Å². The van der Waals surface area contributed by atoms with Gasteiger partial charge in [0.15, 0.2) is 22.5 Å². The lowest BCUT2D eigenvalue weighted by molar-refractivity contribution is -0.106. The van der Waals surface area contributed by atoms with Gasteiger partial charge >= 0.3 is 0 Å². The molecule has 2 aromatic carbocycles. The van der Waals surface area contributed by atoms with Gasteiger partial charge in [-0.3, -0.25) is 14.4 Å². The van der Waals surface area contributed by atoms with E-state index in [1.165, 1.54) is 31.3 Å². The fraction of sp³-hybridized carbons (Fsp3) is 0.111. The number of carbonyl (C=O) groups is 1. The monoisotopic (exact) mass is 415 g/mol. The third-order valence-electron chi connectivity index (χ3n) is 4.00. The Morgan fingerprint density at radius 3 is 2.36 bits per heavy atom. The minimum absolute atomic E-state index is 0.0360. The van der Waals surface area contributed by atoms with Crippen LogP contribution in [0.1, 0.15) is 12.1 Å². The molecule has 1 heterocycles. The molecule has 3 rings (SSSR count). The van der Waals surface area contributed by atoms with Crippen molar-refractivity contribution < 1.29 is 26.7 Å². The molecule has 0 unspecified atom stereocenters. The van der Waals surface area contributed by atoms with Gasteiger partial charge in [0.2, 0.25) is 6.41 Å². The van der Waals surface area contributed by atoms with Crippen molar-refractivity contribution in [3.8, 4) is 11.1 Å². The lowest BCUT2D eigenvalue weighted by Gasteiger charge is -2.21. The number of rotatable bonds is 5. The summed E-state index contributed by atoms with van der Waals surface area (Å²) in [5, 5.41) is 3.34. The maximum absolute atomic E-state index is 14.3. The van der Waals surface area contributed by atoms with Gasteiger partial charge in [0, 0.05) is 24.2 Å². The van der Waals surface area contributed by atoms with Crippen LogP contribution in [-0.2, 0) is 11.8 Å². The first-order valence-electron chi connectivity index (χ1n) is 7.75. The van der Waals surface area contributed by atoms with Crippen molar-refractivity contribution in [2.45, 2.75) is 6.43 Å². The number of amides is 1. The minimum Gasteiger partial charge on any atom is -0.278 e. The number of hydrogen-bond donors (Lipinski definition) is 0. The van der Waals surface area contributed by atoms with E-state index in [-0.39, 0.29) is 28.4 Å². The zero-order valence-corrected chi connectivity index (χ0v) is 14.9. The molecule has 0 N–H and O–H groups in total. The highest BCUT2D eigenvalue weighted by molar-refractivity contribution is 6.33. The van der Waals surface area contributed by atoms with Crippen LogP contribution < -0.4 is 4.90 Å². The van der Waals surface area contributed by atoms with E-state index in [1.54, 1.807) is 0 Å². The van der Waals surface area contributed by atoms with Crippen LogP contribution in [0.4, 0.5) is 33.3 Å². The van der Waals surface area contributed by atoms with Gasteiger partial charge in [-0.15, -0.1) is 0 Å². The maximum atomic E-state index is 14.3. The van der Waals surface area contributed by atoms with Crippen molar-refractivity contribution in [2.75, 3.05) is 4.90 Å². The largest absolute Gasteiger partial charge is 0.284 e. The number of para-hydroxylation sites is 1. The number of aromatic nitrogens is 2. The van der Waals surface area contributed by atoms with Crippen LogP contribution in [0.15, 0.2) is 36.4 Å². The van der Waals surface area contributed by atoms with Gasteiger partial charge in [-0.1, -0.05) is 29.8 Å². The molecular weight excluding hydrogens is 405 g/mol. The Kier molecular flexibility index (Phi) is 5.37. The van der Waals surface area contributed by atoms with E-state index >= 15 is 0 Å². The zero-order chi connectivity index (χ0) is 20.6. The van der Waals surface area contributed by atoms with Crippen LogP contribution in [0.3, 0.4) is 0 Å². The van der Waals surface area contributed by atoms with Crippen molar-refractivity contribution in [2.24, 2.45) is 7.05 Å². The summed E-state index contributed by atoms with van der Waals surface area (Å²) >= 11 is 6.04. The van der Waals surface area contributed by atoms with E-state index in [0.717, 1.165) is 9.58 Å². The second kappa shape index (κ2) is 7.59. The Morgan fingerprint density at radius 1 is 1.07 bits per heavy atom. The van der Waals surface area contributed by atoms with Crippen LogP contribution >= 0.6 is 11.6 Å². The van der Waals surface area contributed by atoms with Crippen LogP contribution in [0.5, 0.6) is 0 Å². The van der Waals surface area contributed by atoms with Gasteiger partial charge in [-0.2, -0.15) is 5.10 Å². The van der Waals surface area contributed by atoms with Crippen LogP contribution in [0.2, 0.25) is 5.15 Å². The molecule has 0 radical (unpaired) electrons. The third-order valence-corrected chi connectivity index (χ3v) is 4.42. The Morgan fingerprint density at radius 2 is 1.71 bits per heavy atom. The molecule has 0 saturated carbocycles. The molecule has 28 heavy (non-hydrogen) atoms. The van der Waals surface area contributed by atoms with E-state index in [9.17, 15) is 26.7 Å². The van der Waals surface area contributed by atoms with Gasteiger partial charge < -0.3 is 0 Å². The summed E-state index contributed by atoms with van der Waals surface area (Å²) in [5.74, 6) is -3.79. The van der Waals surface area contributed by atoms with E-state index in [0.29, 0.717) is 12.1 Å². The lowest BCUT2D eigenvalue weighted by atomic mass is 10.0. The van der Waals surface area contributed by atoms with Crippen molar-refractivity contribution >= 4 is 29.4 Å². The van der Waals surface area contributed by atoms with Crippen LogP contribution in [-0.4, -0.2) is 16.2 Å². The number of benzene rings is 2. The van der Waals surface area contributed by atoms with E-state index in [2.05, 4.69) is 5.10 Å². The fourth-order valence-corrected chi connectivity index (χ4v) is 2.98. The highest BCUT2D eigenvalue weighted by atomic mass is 35.5. The third kappa shape index (κ3) is 3.33. The molecule has 0 bridgehead atoms. The molecule has 0 atom stereocenters. The standard InChI is InChI=1S/C18H11ClF5N3O/c1-26-17(19)16(15(25-26)18(23)24)27(8-28)14-5-3-2-4-9(14)10-6-12(21)13(22)7-11(10)20/h2-8,18H,1H3. The smallest absolute Gasteiger partial charge is 0.278 e. The van der Waals surface area contributed by atoms with Gasteiger partial charge in [-0.25, -0.2) is 22.0 Å². The first kappa shape index (κ1) is 19.8. The van der Waals surface area contributed by atoms with E-state index in [1.807, 2.05) is 0 Å². The molecule has 1 amide bonds. The molecule has 0 fully saturated rings. The first-order valence-corrected chi connectivity index (χ1v) is 8.13. The van der Waals surface area contributed by atoms with Gasteiger partial charge in [0.25, 0.3) is 6.43 Å². The quantitative estimate of drug-likeness (QED) is 0.318. The average Bonchev–Trinajstić information content (AvgIpc) is 2.95. The summed E-state index contributed by atoms with van der Waals surface area (Å²) in [6.07, 6.45) is -2.85. The second-order valence-electron chi connectivity index (χ2n) is 5.69. The average molecular weight is 416 g/mol. The number of aryl methyl sites for hydroxylation is 1. The highest BCUT2D eigenvalue weighted by Gasteiger charge is 2.29. The second-order valence-corrected chi connectivity index (χ2v) is 6.05. The molecule has 146 valence electrons. The van der Waals surface area contributed by atoms with E-state index < -0.39 is 35.3 Å². The molecule has 0 aliphatic heterocycles. The minimum atomic E-state index is -3.05. The first-order chi connectivity index (χ1) is 13.3. The van der Waals surface area contributed by atoms with Gasteiger partial charge in [0.1, 0.15) is 11.5 Å². The number of anilines is 2. The van der Waals surface area contributed by atoms with Crippen molar-refractivity contribution in [3.05, 3.63) is 64.7 Å². The number of carbonyl (C=O) groups excluding carboxylic acids is 1. The molecule has 10 heteroatoms. The summed E-state index contributed by atoms with van der Waals surface area (Å²) in [7, 11) is 1.31. The Bertz CT molecular complexity index is 1050. The number of alkyl halides is 2. The molecule has 4 nitrogen and oxygen atoms in total. The summed E-state index contributed by atoms with van der Waals surface area (Å²) < 4.78 is 68.9. The molecule has 0 aliphatic rings. The lowest BCUT2D eigenvalue weighted by Crippen LogP contribution is -2.17. The predicted octanol–water partition coefficient (Wildman–Crippen LogP) is 5.39. The highest BCUT2D eigenvalue weighted by Crippen LogP contribution is 2.42. The number of hydrogen-bond acceptors (Lipinski definition) is 2. The molecule has 1 aromatic heterocycles. The number of halogens is 6. The molecule has 0 saturated heterocycles. The summed E-state index contributed by atoms with van der Waals surface area (Å²) in [6, 6.07) is 6.54. The van der Waals surface area contributed by atoms with Crippen molar-refractivity contribution in [1.29, 1.82) is 0 Å². The van der Waals surface area contributed by atoms with Crippen molar-refractivity contribution in [1.82, 2.24) is 9.78 Å². The predicted molar refractivity (Wildman–Crippen MR) is 93.1 cm³/mol. The molecule has 3 aromatic rings. The van der Waals surface area contributed by atoms with Crippen LogP contribution in [0.25, 0.3) is 11.1 Å². The van der Waals surface area contributed by atoms with E-state index in [4.69, 9.17) is 11.6 Å². The Balaban J connectivity index is 2.26. The van der Waals surface area contributed by atoms with Crippen LogP contribution in [0, 0.1) is 17.5 Å². The topological polar surface area (TPSA) is 38.1 Å². The molecular formula is C18H11ClF5N3O. The number of nitrogens with zero attached hydrogens (tertiary/aromatic N) is 3. The Hall–Kier alpha value is -2.94. The summed E-state index contributed by atoms with van der Waals surface area (Å²) in [5.41, 5.74) is -1.63. The fourth-order valence-electron chi connectivity index (χ4n) is 2.75. The summed E-state index contributed by atoms with van der Waals surface area (Å²) in [6.45, 7) is 0. The SMILES string of the molecule is Cn1nc(C(F)F)c(N(C=O)c2ccccc2-c2cc(F)c(F)cc2F)c1Cl. The van der Waals surface area contributed by atoms with Gasteiger partial charge in [-0.05, 0) is 12.1 Å². The zero-order valence-electron chi connectivity index (χ0n) is 14.1. The Labute approximate surface area is 160 Å². The maximum Gasteiger partial charge on any atom is 0.284 e. The molecule has 0 aliphatic carbocycles. The van der Waals surface area contributed by atoms with Crippen molar-refractivity contribution in [3.63, 3.8) is 0 Å².